The van der Waals surface area contributed by atoms with Crippen LogP contribution in [0.2, 0.25) is 0 Å². The molecule has 6 nitrogen and oxygen atoms in total. The zero-order valence-corrected chi connectivity index (χ0v) is 10.7. The molecular formula is C11H21N5O. The van der Waals surface area contributed by atoms with Gasteiger partial charge in [-0.25, -0.2) is 0 Å². The van der Waals surface area contributed by atoms with Gasteiger partial charge in [0.05, 0.1) is 5.69 Å². The Bertz CT molecular complexity index is 385. The summed E-state index contributed by atoms with van der Waals surface area (Å²) in [5, 5.41) is 10.6. The van der Waals surface area contributed by atoms with Crippen molar-refractivity contribution in [2.45, 2.75) is 20.3 Å². The Hall–Kier alpha value is -1.56. The Morgan fingerprint density at radius 3 is 2.71 bits per heavy atom. The SMILES string of the molecule is CCCNCCNc1c(C(N)=O)c(C)nn1C. The third-order valence-electron chi connectivity index (χ3n) is 2.49. The van der Waals surface area contributed by atoms with Gasteiger partial charge in [0.1, 0.15) is 11.4 Å². The summed E-state index contributed by atoms with van der Waals surface area (Å²) in [6.07, 6.45) is 1.11. The minimum Gasteiger partial charge on any atom is -0.368 e. The summed E-state index contributed by atoms with van der Waals surface area (Å²) in [4.78, 5) is 11.3. The number of nitrogens with one attached hydrogen (secondary N) is 2. The predicted molar refractivity (Wildman–Crippen MR) is 68.1 cm³/mol. The van der Waals surface area contributed by atoms with Crippen molar-refractivity contribution in [1.82, 2.24) is 15.1 Å². The maximum Gasteiger partial charge on any atom is 0.254 e. The Labute approximate surface area is 102 Å². The molecule has 17 heavy (non-hydrogen) atoms. The zero-order chi connectivity index (χ0) is 12.8. The van der Waals surface area contributed by atoms with E-state index in [4.69, 9.17) is 5.73 Å². The monoisotopic (exact) mass is 239 g/mol. The van der Waals surface area contributed by atoms with Crippen molar-refractivity contribution >= 4 is 11.7 Å². The first kappa shape index (κ1) is 13.5. The lowest BCUT2D eigenvalue weighted by atomic mass is 10.2. The number of anilines is 1. The van der Waals surface area contributed by atoms with Gasteiger partial charge >= 0.3 is 0 Å². The lowest BCUT2D eigenvalue weighted by Crippen LogP contribution is -2.24. The summed E-state index contributed by atoms with van der Waals surface area (Å²) in [6, 6.07) is 0. The molecule has 0 saturated heterocycles. The quantitative estimate of drug-likeness (QED) is 0.595. The molecule has 6 heteroatoms. The van der Waals surface area contributed by atoms with Crippen LogP contribution in [-0.4, -0.2) is 35.3 Å². The normalized spacial score (nSPS) is 10.5. The lowest BCUT2D eigenvalue weighted by Gasteiger charge is -2.08. The number of nitrogens with zero attached hydrogens (tertiary/aromatic N) is 2. The minimum atomic E-state index is -0.445. The number of carbonyl (C=O) groups excluding carboxylic acids is 1. The number of aryl methyl sites for hydroxylation is 2. The van der Waals surface area contributed by atoms with Crippen molar-refractivity contribution in [2.24, 2.45) is 12.8 Å². The van der Waals surface area contributed by atoms with Gasteiger partial charge in [-0.05, 0) is 19.9 Å². The van der Waals surface area contributed by atoms with Gasteiger partial charge in [-0.1, -0.05) is 6.92 Å². The predicted octanol–water partition coefficient (Wildman–Crippen LogP) is 0.239. The van der Waals surface area contributed by atoms with Crippen molar-refractivity contribution < 1.29 is 4.79 Å². The molecule has 4 N–H and O–H groups in total. The van der Waals surface area contributed by atoms with Gasteiger partial charge in [0, 0.05) is 20.1 Å². The molecule has 0 bridgehead atoms. The van der Waals surface area contributed by atoms with Crippen LogP contribution in [0.4, 0.5) is 5.82 Å². The van der Waals surface area contributed by atoms with Gasteiger partial charge in [0.15, 0.2) is 0 Å². The summed E-state index contributed by atoms with van der Waals surface area (Å²) < 4.78 is 1.65. The largest absolute Gasteiger partial charge is 0.368 e. The lowest BCUT2D eigenvalue weighted by molar-refractivity contribution is 0.100. The molecule has 0 radical (unpaired) electrons. The highest BCUT2D eigenvalue weighted by atomic mass is 16.1. The Morgan fingerprint density at radius 1 is 1.41 bits per heavy atom. The van der Waals surface area contributed by atoms with Crippen LogP contribution in [0.25, 0.3) is 0 Å². The number of amides is 1. The van der Waals surface area contributed by atoms with Crippen LogP contribution in [0, 0.1) is 6.92 Å². The molecule has 1 aromatic rings. The van der Waals surface area contributed by atoms with Gasteiger partial charge < -0.3 is 16.4 Å². The number of aromatic nitrogens is 2. The summed E-state index contributed by atoms with van der Waals surface area (Å²) >= 11 is 0. The zero-order valence-electron chi connectivity index (χ0n) is 10.7. The molecule has 0 aliphatic carbocycles. The van der Waals surface area contributed by atoms with E-state index in [9.17, 15) is 4.79 Å². The van der Waals surface area contributed by atoms with Crippen LogP contribution >= 0.6 is 0 Å². The summed E-state index contributed by atoms with van der Waals surface area (Å²) in [5.41, 5.74) is 6.46. The van der Waals surface area contributed by atoms with E-state index in [2.05, 4.69) is 22.7 Å². The average molecular weight is 239 g/mol. The van der Waals surface area contributed by atoms with Gasteiger partial charge in [-0.15, -0.1) is 0 Å². The average Bonchev–Trinajstić information content (AvgIpc) is 2.53. The maximum absolute atomic E-state index is 11.3. The molecule has 0 saturated carbocycles. The molecule has 96 valence electrons. The fourth-order valence-corrected chi connectivity index (χ4v) is 1.73. The van der Waals surface area contributed by atoms with Crippen LogP contribution in [0.15, 0.2) is 0 Å². The molecule has 1 heterocycles. The van der Waals surface area contributed by atoms with Gasteiger partial charge in [0.2, 0.25) is 0 Å². The number of hydrogen-bond donors (Lipinski definition) is 3. The third kappa shape index (κ3) is 3.45. The number of primary amides is 1. The van der Waals surface area contributed by atoms with E-state index < -0.39 is 5.91 Å². The molecule has 1 aromatic heterocycles. The Kier molecular flexibility index (Phi) is 4.96. The molecule has 0 spiro atoms. The molecular weight excluding hydrogens is 218 g/mol. The molecule has 0 aliphatic rings. The van der Waals surface area contributed by atoms with Crippen molar-refractivity contribution in [3.05, 3.63) is 11.3 Å². The molecule has 0 aromatic carbocycles. The number of rotatable bonds is 7. The van der Waals surface area contributed by atoms with Crippen LogP contribution in [0.5, 0.6) is 0 Å². The standard InChI is InChI=1S/C11H21N5O/c1-4-5-13-6-7-14-11-9(10(12)17)8(2)15-16(11)3/h13-14H,4-7H2,1-3H3,(H2,12,17). The highest BCUT2D eigenvalue weighted by Crippen LogP contribution is 2.17. The van der Waals surface area contributed by atoms with E-state index >= 15 is 0 Å². The maximum atomic E-state index is 11.3. The minimum absolute atomic E-state index is 0.445. The highest BCUT2D eigenvalue weighted by Gasteiger charge is 2.17. The van der Waals surface area contributed by atoms with Crippen LogP contribution in [0.3, 0.4) is 0 Å². The molecule has 0 aliphatic heterocycles. The second-order valence-electron chi connectivity index (χ2n) is 3.97. The van der Waals surface area contributed by atoms with E-state index in [-0.39, 0.29) is 0 Å². The van der Waals surface area contributed by atoms with E-state index in [0.29, 0.717) is 17.1 Å². The van der Waals surface area contributed by atoms with E-state index in [1.807, 2.05) is 0 Å². The first-order chi connectivity index (χ1) is 8.07. The van der Waals surface area contributed by atoms with Crippen molar-refractivity contribution in [2.75, 3.05) is 25.0 Å². The van der Waals surface area contributed by atoms with Crippen molar-refractivity contribution in [3.8, 4) is 0 Å². The van der Waals surface area contributed by atoms with Gasteiger partial charge in [-0.3, -0.25) is 9.48 Å². The fourth-order valence-electron chi connectivity index (χ4n) is 1.73. The van der Waals surface area contributed by atoms with Crippen LogP contribution in [0.1, 0.15) is 29.4 Å². The number of carbonyl (C=O) groups is 1. The summed E-state index contributed by atoms with van der Waals surface area (Å²) in [5.74, 6) is 0.243. The Balaban J connectivity index is 2.61. The number of nitrogens with two attached hydrogens (primary N) is 1. The molecule has 0 unspecified atom stereocenters. The van der Waals surface area contributed by atoms with Gasteiger partial charge in [-0.2, -0.15) is 5.10 Å². The van der Waals surface area contributed by atoms with Crippen LogP contribution in [-0.2, 0) is 7.05 Å². The molecule has 1 amide bonds. The fraction of sp³-hybridized carbons (Fsp3) is 0.636. The molecule has 1 rings (SSSR count). The second kappa shape index (κ2) is 6.24. The third-order valence-corrected chi connectivity index (χ3v) is 2.49. The topological polar surface area (TPSA) is 85.0 Å². The van der Waals surface area contributed by atoms with E-state index in [1.54, 1.807) is 18.7 Å². The summed E-state index contributed by atoms with van der Waals surface area (Å²) in [7, 11) is 1.79. The van der Waals surface area contributed by atoms with E-state index in [0.717, 1.165) is 26.1 Å². The van der Waals surface area contributed by atoms with E-state index in [1.165, 1.54) is 0 Å². The smallest absolute Gasteiger partial charge is 0.254 e. The van der Waals surface area contributed by atoms with Crippen LogP contribution < -0.4 is 16.4 Å². The second-order valence-corrected chi connectivity index (χ2v) is 3.97. The molecule has 0 fully saturated rings. The Morgan fingerprint density at radius 2 is 2.12 bits per heavy atom. The number of hydrogen-bond acceptors (Lipinski definition) is 4. The highest BCUT2D eigenvalue weighted by molar-refractivity contribution is 5.98. The molecule has 0 atom stereocenters. The summed E-state index contributed by atoms with van der Waals surface area (Å²) in [6.45, 7) is 6.47. The first-order valence-electron chi connectivity index (χ1n) is 5.85. The van der Waals surface area contributed by atoms with Gasteiger partial charge in [0.25, 0.3) is 5.91 Å². The first-order valence-corrected chi connectivity index (χ1v) is 5.85. The van der Waals surface area contributed by atoms with Crippen molar-refractivity contribution in [1.29, 1.82) is 0 Å². The van der Waals surface area contributed by atoms with Crippen molar-refractivity contribution in [3.63, 3.8) is 0 Å².